The number of carbonyl (C=O) groups is 2. The summed E-state index contributed by atoms with van der Waals surface area (Å²) in [5.74, 6) is -2.25. The molecule has 1 saturated carbocycles. The molecule has 10 rings (SSSR count). The topological polar surface area (TPSA) is 274 Å². The fourth-order valence-electron chi connectivity index (χ4n) is 11.8. The highest BCUT2D eigenvalue weighted by molar-refractivity contribution is 6.29. The summed E-state index contributed by atoms with van der Waals surface area (Å²) in [4.78, 5) is 30.1. The molecule has 0 amide bonds. The van der Waals surface area contributed by atoms with Gasteiger partial charge in [-0.1, -0.05) is 12.2 Å². The van der Waals surface area contributed by atoms with Crippen LogP contribution in [0.1, 0.15) is 91.5 Å². The number of hydrogen-bond acceptors (Lipinski definition) is 18. The van der Waals surface area contributed by atoms with Gasteiger partial charge >= 0.3 is 0 Å². The smallest absolute Gasteiger partial charge is 0.191 e. The average Bonchev–Trinajstić information content (AvgIpc) is 3.64. The molecule has 19 unspecified atom stereocenters. The molecule has 2 aromatic rings. The maximum absolute atomic E-state index is 15.2. The highest BCUT2D eigenvalue weighted by Gasteiger charge is 2.69. The molecular formula is C50H62O18. The monoisotopic (exact) mass is 950 g/mol. The van der Waals surface area contributed by atoms with E-state index in [1.165, 1.54) is 31.2 Å². The van der Waals surface area contributed by atoms with Crippen LogP contribution in [0.4, 0.5) is 0 Å². The largest absolute Gasteiger partial charge is 0.508 e. The minimum Gasteiger partial charge on any atom is -0.508 e. The van der Waals surface area contributed by atoms with Crippen molar-refractivity contribution in [2.75, 3.05) is 0 Å². The summed E-state index contributed by atoms with van der Waals surface area (Å²) in [6.45, 7) is 8.27. The van der Waals surface area contributed by atoms with Crippen LogP contribution in [0.5, 0.6) is 5.75 Å². The minimum absolute atomic E-state index is 0.0108. The van der Waals surface area contributed by atoms with Crippen molar-refractivity contribution >= 4 is 28.8 Å². The highest BCUT2D eigenvalue weighted by Crippen LogP contribution is 2.55. The lowest BCUT2D eigenvalue weighted by atomic mass is 9.56. The van der Waals surface area contributed by atoms with Crippen molar-refractivity contribution in [3.63, 3.8) is 0 Å². The number of carbonyl (C=O) groups excluding carboxylic acids is 2. The highest BCUT2D eigenvalue weighted by atomic mass is 16.7. The third kappa shape index (κ3) is 7.98. The molecule has 5 fully saturated rings. The maximum atomic E-state index is 15.2. The fraction of sp³-hybridized carbons (Fsp3) is 0.640. The molecule has 4 aliphatic carbocycles. The molecular weight excluding hydrogens is 889 g/mol. The number of ether oxygens (including phenoxy) is 7. The first kappa shape index (κ1) is 48.0. The van der Waals surface area contributed by atoms with E-state index >= 15 is 4.79 Å². The number of phenolic OH excluding ortho intramolecular Hbond substituents is 1. The Balaban J connectivity index is 1.02. The van der Waals surface area contributed by atoms with Crippen LogP contribution in [0.3, 0.4) is 0 Å². The summed E-state index contributed by atoms with van der Waals surface area (Å²) in [6.07, 6.45) is -7.90. The molecule has 8 N–H and O–H groups in total. The van der Waals surface area contributed by atoms with Gasteiger partial charge in [0.1, 0.15) is 34.7 Å². The van der Waals surface area contributed by atoms with Crippen LogP contribution in [-0.2, 0) is 42.7 Å². The molecule has 370 valence electrons. The van der Waals surface area contributed by atoms with Gasteiger partial charge in [-0.2, -0.15) is 0 Å². The lowest BCUT2D eigenvalue weighted by Crippen LogP contribution is -2.72. The summed E-state index contributed by atoms with van der Waals surface area (Å²) < 4.78 is 50.7. The van der Waals surface area contributed by atoms with E-state index in [0.29, 0.717) is 24.0 Å². The molecule has 68 heavy (non-hydrogen) atoms. The van der Waals surface area contributed by atoms with Gasteiger partial charge in [0.15, 0.2) is 36.0 Å². The zero-order valence-electron chi connectivity index (χ0n) is 38.6. The number of aliphatic hydroxyl groups is 7. The van der Waals surface area contributed by atoms with Gasteiger partial charge in [-0.3, -0.25) is 9.59 Å². The molecule has 19 atom stereocenters. The van der Waals surface area contributed by atoms with Crippen LogP contribution < -0.4 is 10.6 Å². The lowest BCUT2D eigenvalue weighted by Gasteiger charge is -2.56. The van der Waals surface area contributed by atoms with Crippen molar-refractivity contribution in [1.29, 1.82) is 0 Å². The molecule has 8 aliphatic rings. The Morgan fingerprint density at radius 1 is 0.735 bits per heavy atom. The predicted molar refractivity (Wildman–Crippen MR) is 236 cm³/mol. The normalized spacial score (nSPS) is 44.8. The SMILES string of the molecule is CC1OC(OC23C(=O)CC(C)(O)CC2(O)C=CC2C3=c3oc(-c4ccc(O)cc4)c4c3=C(C(=O)C(C3CC(OC5CCC(OC6CC(O)C(O)C(C)O6)C(C)O5)C(O)C(C)O3)=C4)C2O)CCC1O. The number of rotatable bonds is 8. The van der Waals surface area contributed by atoms with Crippen molar-refractivity contribution in [2.45, 2.75) is 195 Å². The number of benzene rings is 1. The predicted octanol–water partition coefficient (Wildman–Crippen LogP) is 0.657. The standard InChI is InChI=1S/C50H62O18/c1-21-30(52)10-12-37(62-21)68-50-35(54)19-48(5,59)20-49(50,60)15-14-27-41(50)47-39-29(46(67-47)25-6-8-26(51)9-7-25)16-28(45(58)40(39)44(27)57)33-18-34(43(56)24(4)61-33)66-36-13-11-32(22(2)63-36)65-38-17-31(53)42(55)23(3)64-38/h6-9,14-16,21-24,27,30-34,36-38,42-44,51-53,55-57,59-60H,10-13,17-20H2,1-5H3. The number of aromatic hydroxyl groups is 1. The van der Waals surface area contributed by atoms with Crippen LogP contribution >= 0.6 is 0 Å². The van der Waals surface area contributed by atoms with Crippen molar-refractivity contribution < 1.29 is 88.0 Å². The summed E-state index contributed by atoms with van der Waals surface area (Å²) in [6, 6.07) is 6.16. The third-order valence-corrected chi connectivity index (χ3v) is 15.4. The van der Waals surface area contributed by atoms with Crippen LogP contribution in [0.25, 0.3) is 28.5 Å². The van der Waals surface area contributed by atoms with Crippen molar-refractivity contribution in [3.05, 3.63) is 58.2 Å². The van der Waals surface area contributed by atoms with Crippen LogP contribution in [-0.4, -0.2) is 161 Å². The van der Waals surface area contributed by atoms with E-state index < -0.39 is 133 Å². The number of ketones is 2. The molecule has 4 saturated heterocycles. The first-order valence-corrected chi connectivity index (χ1v) is 23.8. The van der Waals surface area contributed by atoms with Crippen molar-refractivity contribution in [1.82, 2.24) is 0 Å². The Labute approximate surface area is 392 Å². The second kappa shape index (κ2) is 17.6. The van der Waals surface area contributed by atoms with E-state index in [2.05, 4.69) is 0 Å². The minimum atomic E-state index is -2.29. The first-order chi connectivity index (χ1) is 32.2. The van der Waals surface area contributed by atoms with Crippen LogP contribution in [0.15, 0.2) is 46.4 Å². The maximum Gasteiger partial charge on any atom is 0.191 e. The summed E-state index contributed by atoms with van der Waals surface area (Å²) in [7, 11) is 0. The Morgan fingerprint density at radius 3 is 2.12 bits per heavy atom. The zero-order chi connectivity index (χ0) is 48.4. The second-order valence-electron chi connectivity index (χ2n) is 20.4. The molecule has 5 heterocycles. The van der Waals surface area contributed by atoms with Gasteiger partial charge in [0.2, 0.25) is 0 Å². The summed E-state index contributed by atoms with van der Waals surface area (Å²) >= 11 is 0. The van der Waals surface area contributed by atoms with Crippen molar-refractivity contribution in [2.24, 2.45) is 5.92 Å². The number of phenols is 1. The first-order valence-electron chi connectivity index (χ1n) is 23.8. The van der Waals surface area contributed by atoms with Gasteiger partial charge in [-0.05, 0) is 77.8 Å². The van der Waals surface area contributed by atoms with E-state index in [1.54, 1.807) is 39.0 Å². The quantitative estimate of drug-likeness (QED) is 0.169. The van der Waals surface area contributed by atoms with Gasteiger partial charge in [-0.15, -0.1) is 0 Å². The average molecular weight is 951 g/mol. The van der Waals surface area contributed by atoms with Gasteiger partial charge in [-0.25, -0.2) is 0 Å². The van der Waals surface area contributed by atoms with E-state index in [0.717, 1.165) is 0 Å². The van der Waals surface area contributed by atoms with Gasteiger partial charge in [0.25, 0.3) is 0 Å². The zero-order valence-corrected chi connectivity index (χ0v) is 38.6. The van der Waals surface area contributed by atoms with Gasteiger partial charge in [0.05, 0.1) is 66.6 Å². The summed E-state index contributed by atoms with van der Waals surface area (Å²) in [5.41, 5.74) is -5.16. The number of fused-ring (bicyclic) bond motifs is 3. The molecule has 1 aromatic carbocycles. The molecule has 0 bridgehead atoms. The number of aliphatic hydroxyl groups excluding tert-OH is 5. The Bertz CT molecular complexity index is 2480. The molecule has 18 heteroatoms. The Kier molecular flexibility index (Phi) is 12.4. The Hall–Kier alpha value is -3.70. The lowest BCUT2D eigenvalue weighted by molar-refractivity contribution is -0.305. The van der Waals surface area contributed by atoms with Gasteiger partial charge < -0.3 is 78.4 Å². The van der Waals surface area contributed by atoms with Crippen LogP contribution in [0, 0.1) is 5.92 Å². The molecule has 0 radical (unpaired) electrons. The second-order valence-corrected chi connectivity index (χ2v) is 20.4. The Morgan fingerprint density at radius 2 is 1.41 bits per heavy atom. The third-order valence-electron chi connectivity index (χ3n) is 15.4. The van der Waals surface area contributed by atoms with E-state index in [1.807, 2.05) is 6.92 Å². The van der Waals surface area contributed by atoms with Crippen molar-refractivity contribution in [3.8, 4) is 17.1 Å². The molecule has 4 aliphatic heterocycles. The molecule has 18 nitrogen and oxygen atoms in total. The van der Waals surface area contributed by atoms with Gasteiger partial charge in [0, 0.05) is 77.5 Å². The fourth-order valence-corrected chi connectivity index (χ4v) is 11.8. The van der Waals surface area contributed by atoms with Crippen LogP contribution in [0.2, 0.25) is 0 Å². The number of Topliss-reactive ketones (excluding diaryl/α,β-unsaturated/α-hetero) is 2. The number of furan rings is 1. The van der Waals surface area contributed by atoms with E-state index in [-0.39, 0.29) is 71.0 Å². The van der Waals surface area contributed by atoms with E-state index in [4.69, 9.17) is 37.6 Å². The summed E-state index contributed by atoms with van der Waals surface area (Å²) in [5, 5.41) is 89.6. The molecule has 0 spiro atoms. The molecule has 1 aromatic heterocycles. The number of hydrogen-bond donors (Lipinski definition) is 8. The van der Waals surface area contributed by atoms with E-state index in [9.17, 15) is 45.6 Å².